The van der Waals surface area contributed by atoms with Crippen molar-refractivity contribution in [3.05, 3.63) is 75.0 Å². The molecule has 0 amide bonds. The summed E-state index contributed by atoms with van der Waals surface area (Å²) in [7, 11) is 0. The van der Waals surface area contributed by atoms with E-state index in [0.29, 0.717) is 11.8 Å². The van der Waals surface area contributed by atoms with E-state index < -0.39 is 0 Å². The molecule has 0 aromatic heterocycles. The van der Waals surface area contributed by atoms with E-state index >= 15 is 0 Å². The normalized spacial score (nSPS) is 14.9. The zero-order valence-corrected chi connectivity index (χ0v) is 29.3. The van der Waals surface area contributed by atoms with E-state index in [-0.39, 0.29) is 23.4 Å². The Morgan fingerprint density at radius 3 is 1.60 bits per heavy atom. The molecule has 2 heteroatoms. The topological polar surface area (TPSA) is 37.3 Å². The second-order valence-corrected chi connectivity index (χ2v) is 13.4. The molecule has 1 N–H and O–H groups in total. The van der Waals surface area contributed by atoms with Gasteiger partial charge in [0.15, 0.2) is 5.76 Å². The fourth-order valence-electron chi connectivity index (χ4n) is 6.69. The zero-order valence-electron chi connectivity index (χ0n) is 29.3. The first kappa shape index (κ1) is 36.8. The minimum atomic E-state index is -0.199. The average Bonchev–Trinajstić information content (AvgIpc) is 3.02. The maximum atomic E-state index is 14.6. The van der Waals surface area contributed by atoms with Crippen molar-refractivity contribution in [1.82, 2.24) is 0 Å². The van der Waals surface area contributed by atoms with Crippen LogP contribution in [0.3, 0.4) is 0 Å². The smallest absolute Gasteiger partial charge is 0.227 e. The van der Waals surface area contributed by atoms with Crippen LogP contribution >= 0.6 is 0 Å². The number of carbonyl (C=O) groups is 1. The number of unbranched alkanes of at least 4 members (excludes halogenated alkanes) is 4. The Morgan fingerprint density at radius 2 is 1.09 bits per heavy atom. The highest BCUT2D eigenvalue weighted by Gasteiger charge is 2.29. The van der Waals surface area contributed by atoms with Crippen LogP contribution in [0.4, 0.5) is 0 Å². The van der Waals surface area contributed by atoms with E-state index in [2.05, 4.69) is 92.6 Å². The fourth-order valence-corrected chi connectivity index (χ4v) is 6.69. The lowest BCUT2D eigenvalue weighted by Crippen LogP contribution is -2.17. The molecule has 2 aromatic carbocycles. The van der Waals surface area contributed by atoms with Gasteiger partial charge in [0.2, 0.25) is 5.78 Å². The monoisotopic (exact) mass is 588 g/mol. The number of hydrogen-bond donors (Lipinski definition) is 1. The molecule has 2 aromatic rings. The highest BCUT2D eigenvalue weighted by molar-refractivity contribution is 6.12. The van der Waals surface area contributed by atoms with Crippen LogP contribution < -0.4 is 0 Å². The van der Waals surface area contributed by atoms with Crippen LogP contribution in [-0.2, 0) is 6.42 Å². The predicted molar refractivity (Wildman–Crippen MR) is 189 cm³/mol. The van der Waals surface area contributed by atoms with Crippen molar-refractivity contribution in [2.24, 2.45) is 0 Å². The molecule has 0 aliphatic carbocycles. The van der Waals surface area contributed by atoms with Gasteiger partial charge in [-0.2, -0.15) is 0 Å². The van der Waals surface area contributed by atoms with Crippen molar-refractivity contribution in [3.8, 4) is 0 Å². The molecule has 2 rings (SSSR count). The predicted octanol–water partition coefficient (Wildman–Crippen LogP) is 13.2. The standard InChI is InChI=1S/C41H64O2/c1-10-15-19-29(6)35-24-23-33(14-5)27-34(35)28-38(42)41(43)40-37(31(8)21-17-12-3)26-25-36(30(7)20-16-11-2)39(40)32(9)22-18-13-4/h23-32,42H,10-22H2,1-9H3/b38-28-. The van der Waals surface area contributed by atoms with Crippen LogP contribution in [0.5, 0.6) is 0 Å². The minimum Gasteiger partial charge on any atom is -0.504 e. The number of ketones is 1. The fraction of sp³-hybridized carbons (Fsp3) is 0.634. The van der Waals surface area contributed by atoms with E-state index in [4.69, 9.17) is 0 Å². The van der Waals surface area contributed by atoms with Gasteiger partial charge in [-0.05, 0) is 95.2 Å². The van der Waals surface area contributed by atoms with Crippen LogP contribution in [0.1, 0.15) is 207 Å². The first-order valence-corrected chi connectivity index (χ1v) is 17.9. The van der Waals surface area contributed by atoms with Crippen molar-refractivity contribution in [2.45, 2.75) is 169 Å². The first-order chi connectivity index (χ1) is 20.6. The molecule has 43 heavy (non-hydrogen) atoms. The molecule has 4 unspecified atom stereocenters. The lowest BCUT2D eigenvalue weighted by molar-refractivity contribution is 0.0977. The Morgan fingerprint density at radius 1 is 0.651 bits per heavy atom. The van der Waals surface area contributed by atoms with E-state index in [9.17, 15) is 9.90 Å². The van der Waals surface area contributed by atoms with Crippen LogP contribution in [0, 0.1) is 0 Å². The SMILES string of the molecule is CCCCC(C)c1ccc(CC)cc1/C=C(\O)C(=O)c1c(C(C)CCCC)ccc(C(C)CCCC)c1C(C)CCCC. The third kappa shape index (κ3) is 10.4. The molecular formula is C41H64O2. The summed E-state index contributed by atoms with van der Waals surface area (Å²) in [4.78, 5) is 14.6. The Bertz CT molecular complexity index is 1160. The Kier molecular flexibility index (Phi) is 16.4. The van der Waals surface area contributed by atoms with Crippen LogP contribution in [0.25, 0.3) is 6.08 Å². The Labute approximate surface area is 265 Å². The van der Waals surface area contributed by atoms with Crippen LogP contribution in [0.15, 0.2) is 36.1 Å². The van der Waals surface area contributed by atoms with Gasteiger partial charge in [-0.3, -0.25) is 4.79 Å². The van der Waals surface area contributed by atoms with Crippen molar-refractivity contribution in [2.75, 3.05) is 0 Å². The van der Waals surface area contributed by atoms with Gasteiger partial charge in [0.1, 0.15) is 0 Å². The Balaban J connectivity index is 2.80. The molecule has 0 saturated heterocycles. The molecule has 0 radical (unpaired) electrons. The zero-order chi connectivity index (χ0) is 31.9. The molecule has 0 aliphatic heterocycles. The maximum Gasteiger partial charge on any atom is 0.227 e. The summed E-state index contributed by atoms with van der Waals surface area (Å²) in [6.07, 6.45) is 16.3. The Hall–Kier alpha value is -2.35. The summed E-state index contributed by atoms with van der Waals surface area (Å²) in [6.45, 7) is 20.3. The number of hydrogen-bond acceptors (Lipinski definition) is 2. The number of aliphatic hydroxyl groups excluding tert-OH is 1. The molecule has 4 atom stereocenters. The summed E-state index contributed by atoms with van der Waals surface area (Å²) in [5, 5.41) is 11.7. The lowest BCUT2D eigenvalue weighted by atomic mass is 9.76. The van der Waals surface area contributed by atoms with Crippen LogP contribution in [0.2, 0.25) is 0 Å². The molecular weight excluding hydrogens is 524 g/mol. The largest absolute Gasteiger partial charge is 0.504 e. The molecule has 0 spiro atoms. The number of benzene rings is 2. The van der Waals surface area contributed by atoms with Gasteiger partial charge in [-0.15, -0.1) is 0 Å². The number of rotatable bonds is 20. The summed E-state index contributed by atoms with van der Waals surface area (Å²) in [5.41, 5.74) is 7.84. The number of aryl methyl sites for hydroxylation is 1. The molecule has 0 fully saturated rings. The molecule has 0 saturated carbocycles. The molecule has 0 bridgehead atoms. The van der Waals surface area contributed by atoms with Crippen molar-refractivity contribution < 1.29 is 9.90 Å². The number of carbonyl (C=O) groups excluding carboxylic acids is 1. The maximum absolute atomic E-state index is 14.6. The number of allylic oxidation sites excluding steroid dienone is 1. The molecule has 2 nitrogen and oxygen atoms in total. The first-order valence-electron chi connectivity index (χ1n) is 17.9. The van der Waals surface area contributed by atoms with E-state index in [1.54, 1.807) is 6.08 Å². The lowest BCUT2D eigenvalue weighted by Gasteiger charge is -2.28. The molecule has 0 aliphatic rings. The van der Waals surface area contributed by atoms with Crippen molar-refractivity contribution in [3.63, 3.8) is 0 Å². The minimum absolute atomic E-state index is 0.122. The van der Waals surface area contributed by atoms with Gasteiger partial charge in [-0.1, -0.05) is 144 Å². The highest BCUT2D eigenvalue weighted by Crippen LogP contribution is 2.40. The van der Waals surface area contributed by atoms with Gasteiger partial charge in [-0.25, -0.2) is 0 Å². The van der Waals surface area contributed by atoms with Crippen LogP contribution in [-0.4, -0.2) is 10.9 Å². The summed E-state index contributed by atoms with van der Waals surface area (Å²) in [6, 6.07) is 11.2. The quantitative estimate of drug-likeness (QED) is 0.0949. The van der Waals surface area contributed by atoms with E-state index in [1.165, 1.54) is 41.5 Å². The number of aliphatic hydroxyl groups is 1. The average molecular weight is 589 g/mol. The van der Waals surface area contributed by atoms with Gasteiger partial charge in [0.05, 0.1) is 0 Å². The van der Waals surface area contributed by atoms with E-state index in [0.717, 1.165) is 80.9 Å². The molecule has 0 heterocycles. The van der Waals surface area contributed by atoms with Gasteiger partial charge in [0.25, 0.3) is 0 Å². The van der Waals surface area contributed by atoms with Crippen molar-refractivity contribution >= 4 is 11.9 Å². The highest BCUT2D eigenvalue weighted by atomic mass is 16.3. The third-order valence-electron chi connectivity index (χ3n) is 9.67. The summed E-state index contributed by atoms with van der Waals surface area (Å²) < 4.78 is 0. The van der Waals surface area contributed by atoms with Gasteiger partial charge < -0.3 is 5.11 Å². The van der Waals surface area contributed by atoms with E-state index in [1.807, 2.05) is 0 Å². The van der Waals surface area contributed by atoms with Gasteiger partial charge in [0, 0.05) is 5.56 Å². The van der Waals surface area contributed by atoms with Crippen molar-refractivity contribution in [1.29, 1.82) is 0 Å². The number of Topliss-reactive ketones (excluding diaryl/α,β-unsaturated/α-hetero) is 1. The second kappa shape index (κ2) is 19.1. The summed E-state index contributed by atoms with van der Waals surface area (Å²) >= 11 is 0. The summed E-state index contributed by atoms with van der Waals surface area (Å²) in [5.74, 6) is 0.953. The van der Waals surface area contributed by atoms with Gasteiger partial charge >= 0.3 is 0 Å². The third-order valence-corrected chi connectivity index (χ3v) is 9.67. The molecule has 240 valence electrons. The second-order valence-electron chi connectivity index (χ2n) is 13.4.